The number of rotatable bonds is 7. The van der Waals surface area contributed by atoms with Crippen molar-refractivity contribution in [3.8, 4) is 0 Å². The molecule has 0 aliphatic carbocycles. The second-order valence-corrected chi connectivity index (χ2v) is 5.71. The van der Waals surface area contributed by atoms with Gasteiger partial charge in [-0.15, -0.1) is 0 Å². The van der Waals surface area contributed by atoms with Crippen molar-refractivity contribution in [1.82, 2.24) is 9.88 Å². The molecule has 5 heteroatoms. The molecular formula is C18H24N4O. The number of carbonyl (C=O) groups excluding carboxylic acids is 1. The maximum atomic E-state index is 12.6. The highest BCUT2D eigenvalue weighted by molar-refractivity contribution is 6.06. The minimum absolute atomic E-state index is 0.0464. The van der Waals surface area contributed by atoms with E-state index in [2.05, 4.69) is 29.3 Å². The zero-order valence-electron chi connectivity index (χ0n) is 14.0. The molecule has 2 aromatic rings. The summed E-state index contributed by atoms with van der Waals surface area (Å²) in [6, 6.07) is 13.2. The molecule has 0 aliphatic heterocycles. The van der Waals surface area contributed by atoms with E-state index in [1.807, 2.05) is 30.3 Å². The Labute approximate surface area is 137 Å². The average molecular weight is 312 g/mol. The summed E-state index contributed by atoms with van der Waals surface area (Å²) >= 11 is 0. The molecule has 0 radical (unpaired) electrons. The van der Waals surface area contributed by atoms with E-state index in [9.17, 15) is 4.79 Å². The first kappa shape index (κ1) is 17.0. The third-order valence-electron chi connectivity index (χ3n) is 3.54. The van der Waals surface area contributed by atoms with Crippen molar-refractivity contribution in [2.45, 2.75) is 6.42 Å². The lowest BCUT2D eigenvalue weighted by atomic mass is 10.2. The highest BCUT2D eigenvalue weighted by Gasteiger charge is 2.13. The molecule has 0 unspecified atom stereocenters. The number of amides is 1. The van der Waals surface area contributed by atoms with Crippen molar-refractivity contribution < 1.29 is 4.79 Å². The molecule has 0 atom stereocenters. The molecule has 1 aromatic heterocycles. The number of nitrogens with zero attached hydrogens (tertiary/aromatic N) is 3. The van der Waals surface area contributed by atoms with Crippen molar-refractivity contribution in [1.29, 1.82) is 0 Å². The monoisotopic (exact) mass is 312 g/mol. The number of carbonyl (C=O) groups is 1. The van der Waals surface area contributed by atoms with Crippen molar-refractivity contribution in [3.05, 3.63) is 54.2 Å². The van der Waals surface area contributed by atoms with E-state index in [0.29, 0.717) is 5.56 Å². The van der Waals surface area contributed by atoms with Gasteiger partial charge in [0.2, 0.25) is 0 Å². The lowest BCUT2D eigenvalue weighted by molar-refractivity contribution is 0.0993. The number of aromatic nitrogens is 1. The number of pyridine rings is 1. The summed E-state index contributed by atoms with van der Waals surface area (Å²) in [5.41, 5.74) is 1.50. The van der Waals surface area contributed by atoms with E-state index in [1.54, 1.807) is 30.3 Å². The van der Waals surface area contributed by atoms with E-state index >= 15 is 0 Å². The predicted octanol–water partition coefficient (Wildman–Crippen LogP) is 2.72. The zero-order valence-corrected chi connectivity index (χ0v) is 14.0. The maximum absolute atomic E-state index is 12.6. The molecular weight excluding hydrogens is 288 g/mol. The minimum atomic E-state index is -0.0464. The third-order valence-corrected chi connectivity index (χ3v) is 3.54. The number of benzene rings is 1. The number of para-hydroxylation sites is 1. The highest BCUT2D eigenvalue weighted by atomic mass is 16.2. The Morgan fingerprint density at radius 1 is 1.13 bits per heavy atom. The summed E-state index contributed by atoms with van der Waals surface area (Å²) in [5, 5.41) is 3.27. The van der Waals surface area contributed by atoms with E-state index in [4.69, 9.17) is 0 Å². The normalized spacial score (nSPS) is 10.6. The first-order chi connectivity index (χ1) is 11.1. The Morgan fingerprint density at radius 3 is 2.57 bits per heavy atom. The topological polar surface area (TPSA) is 48.5 Å². The molecule has 0 saturated carbocycles. The largest absolute Gasteiger partial charge is 0.370 e. The van der Waals surface area contributed by atoms with E-state index in [1.165, 1.54) is 0 Å². The van der Waals surface area contributed by atoms with Crippen LogP contribution in [-0.2, 0) is 0 Å². The summed E-state index contributed by atoms with van der Waals surface area (Å²) in [7, 11) is 5.89. The second kappa shape index (κ2) is 8.29. The van der Waals surface area contributed by atoms with Gasteiger partial charge in [-0.05, 0) is 51.3 Å². The van der Waals surface area contributed by atoms with Gasteiger partial charge < -0.3 is 15.1 Å². The summed E-state index contributed by atoms with van der Waals surface area (Å²) < 4.78 is 0. The van der Waals surface area contributed by atoms with Gasteiger partial charge in [0.15, 0.2) is 0 Å². The van der Waals surface area contributed by atoms with Gasteiger partial charge in [0.25, 0.3) is 5.91 Å². The molecule has 0 saturated heterocycles. The SMILES string of the molecule is CN(C)CCCNc1cc(C(=O)N(C)c2ccccc2)ccn1. The molecule has 0 spiro atoms. The van der Waals surface area contributed by atoms with Gasteiger partial charge in [0.05, 0.1) is 0 Å². The van der Waals surface area contributed by atoms with Crippen LogP contribution >= 0.6 is 0 Å². The Bertz CT molecular complexity index is 628. The first-order valence-corrected chi connectivity index (χ1v) is 7.75. The van der Waals surface area contributed by atoms with Crippen LogP contribution in [0.5, 0.6) is 0 Å². The van der Waals surface area contributed by atoms with Crippen molar-refractivity contribution >= 4 is 17.4 Å². The van der Waals surface area contributed by atoms with Gasteiger partial charge in [-0.1, -0.05) is 18.2 Å². The Kier molecular flexibility index (Phi) is 6.11. The van der Waals surface area contributed by atoms with Gasteiger partial charge in [-0.3, -0.25) is 4.79 Å². The lowest BCUT2D eigenvalue weighted by Gasteiger charge is -2.17. The molecule has 0 fully saturated rings. The quantitative estimate of drug-likeness (QED) is 0.799. The van der Waals surface area contributed by atoms with Gasteiger partial charge in [-0.25, -0.2) is 4.98 Å². The fourth-order valence-corrected chi connectivity index (χ4v) is 2.23. The van der Waals surface area contributed by atoms with Gasteiger partial charge in [0, 0.05) is 31.0 Å². The van der Waals surface area contributed by atoms with Gasteiger partial charge >= 0.3 is 0 Å². The standard InChI is InChI=1S/C18H24N4O/c1-21(2)13-7-11-19-17-14-15(10-12-20-17)18(23)22(3)16-8-5-4-6-9-16/h4-6,8-10,12,14H,7,11,13H2,1-3H3,(H,19,20). The molecule has 122 valence electrons. The number of nitrogens with one attached hydrogen (secondary N) is 1. The molecule has 5 nitrogen and oxygen atoms in total. The van der Waals surface area contributed by atoms with Crippen molar-refractivity contribution in [2.24, 2.45) is 0 Å². The van der Waals surface area contributed by atoms with Crippen LogP contribution in [0.3, 0.4) is 0 Å². The number of hydrogen-bond donors (Lipinski definition) is 1. The summed E-state index contributed by atoms with van der Waals surface area (Å²) in [6.45, 7) is 1.85. The number of hydrogen-bond acceptors (Lipinski definition) is 4. The fraction of sp³-hybridized carbons (Fsp3) is 0.333. The molecule has 1 heterocycles. The Morgan fingerprint density at radius 2 is 1.87 bits per heavy atom. The fourth-order valence-electron chi connectivity index (χ4n) is 2.23. The zero-order chi connectivity index (χ0) is 16.7. The second-order valence-electron chi connectivity index (χ2n) is 5.71. The van der Waals surface area contributed by atoms with Crippen molar-refractivity contribution in [2.75, 3.05) is 44.4 Å². The van der Waals surface area contributed by atoms with Crippen LogP contribution in [0.25, 0.3) is 0 Å². The number of anilines is 2. The summed E-state index contributed by atoms with van der Waals surface area (Å²) in [6.07, 6.45) is 2.69. The predicted molar refractivity (Wildman–Crippen MR) is 95.1 cm³/mol. The van der Waals surface area contributed by atoms with Crippen LogP contribution < -0.4 is 10.2 Å². The molecule has 1 aromatic carbocycles. The lowest BCUT2D eigenvalue weighted by Crippen LogP contribution is -2.26. The van der Waals surface area contributed by atoms with E-state index < -0.39 is 0 Å². The summed E-state index contributed by atoms with van der Waals surface area (Å²) in [4.78, 5) is 20.6. The van der Waals surface area contributed by atoms with Crippen molar-refractivity contribution in [3.63, 3.8) is 0 Å². The van der Waals surface area contributed by atoms with Crippen LogP contribution in [-0.4, -0.2) is 50.0 Å². The van der Waals surface area contributed by atoms with Crippen LogP contribution in [0.15, 0.2) is 48.7 Å². The van der Waals surface area contributed by atoms with Crippen LogP contribution in [0.4, 0.5) is 11.5 Å². The molecule has 0 bridgehead atoms. The van der Waals surface area contributed by atoms with Crippen LogP contribution in [0, 0.1) is 0 Å². The highest BCUT2D eigenvalue weighted by Crippen LogP contribution is 2.16. The van der Waals surface area contributed by atoms with Gasteiger partial charge in [0.1, 0.15) is 5.82 Å². The van der Waals surface area contributed by atoms with Crippen LogP contribution in [0.1, 0.15) is 16.8 Å². The maximum Gasteiger partial charge on any atom is 0.258 e. The van der Waals surface area contributed by atoms with Crippen LogP contribution in [0.2, 0.25) is 0 Å². The molecule has 23 heavy (non-hydrogen) atoms. The van der Waals surface area contributed by atoms with E-state index in [0.717, 1.165) is 31.0 Å². The molecule has 0 aliphatic rings. The molecule has 1 amide bonds. The molecule has 2 rings (SSSR count). The molecule has 1 N–H and O–H groups in total. The van der Waals surface area contributed by atoms with Gasteiger partial charge in [-0.2, -0.15) is 0 Å². The Balaban J connectivity index is 2.00. The minimum Gasteiger partial charge on any atom is -0.370 e. The summed E-state index contributed by atoms with van der Waals surface area (Å²) in [5.74, 6) is 0.686. The Hall–Kier alpha value is -2.40. The van der Waals surface area contributed by atoms with E-state index in [-0.39, 0.29) is 5.91 Å². The average Bonchev–Trinajstić information content (AvgIpc) is 2.58. The smallest absolute Gasteiger partial charge is 0.258 e. The third kappa shape index (κ3) is 5.07. The first-order valence-electron chi connectivity index (χ1n) is 7.75.